The van der Waals surface area contributed by atoms with Crippen molar-refractivity contribution in [3.05, 3.63) is 65.2 Å². The van der Waals surface area contributed by atoms with Crippen molar-refractivity contribution in [2.75, 3.05) is 32.1 Å². The monoisotopic (exact) mass is 531 g/mol. The zero-order chi connectivity index (χ0) is 27.2. The number of unbranched alkanes of at least 4 members (excludes halogenated alkanes) is 3. The lowest BCUT2D eigenvalue weighted by Crippen LogP contribution is -2.53. The van der Waals surface area contributed by atoms with Crippen molar-refractivity contribution < 1.29 is 14.3 Å². The van der Waals surface area contributed by atoms with Crippen LogP contribution in [0.5, 0.6) is 0 Å². The molecule has 2 fully saturated rings. The molecule has 0 aromatic heterocycles. The van der Waals surface area contributed by atoms with Crippen LogP contribution in [-0.4, -0.2) is 49.7 Å². The van der Waals surface area contributed by atoms with Crippen LogP contribution in [0.1, 0.15) is 87.3 Å². The number of nitrogens with one attached hydrogen (secondary N) is 2. The summed E-state index contributed by atoms with van der Waals surface area (Å²) < 4.78 is 4.88. The maximum absolute atomic E-state index is 14.5. The predicted octanol–water partition coefficient (Wildman–Crippen LogP) is 6.40. The Hall–Kier alpha value is -2.86. The number of piperidine rings is 1. The topological polar surface area (TPSA) is 70.7 Å². The Labute approximate surface area is 233 Å². The molecule has 2 aromatic carbocycles. The number of anilines is 1. The Morgan fingerprint density at radius 2 is 1.95 bits per heavy atom. The van der Waals surface area contributed by atoms with E-state index in [1.165, 1.54) is 43.9 Å². The second-order valence-corrected chi connectivity index (χ2v) is 11.8. The number of rotatable bonds is 8. The number of fused-ring (bicyclic) bond motifs is 2. The third kappa shape index (κ3) is 5.72. The Morgan fingerprint density at radius 3 is 2.74 bits per heavy atom. The number of likely N-dealkylation sites (tertiary alicyclic amines) is 1. The molecule has 1 aliphatic carbocycles. The van der Waals surface area contributed by atoms with Crippen molar-refractivity contribution in [1.82, 2.24) is 10.2 Å². The van der Waals surface area contributed by atoms with Crippen molar-refractivity contribution in [3.63, 3.8) is 0 Å². The Kier molecular flexibility index (Phi) is 8.91. The number of hydrogen-bond acceptors (Lipinski definition) is 4. The first-order valence-corrected chi connectivity index (χ1v) is 15.1. The highest BCUT2D eigenvalue weighted by Crippen LogP contribution is 2.48. The van der Waals surface area contributed by atoms with Gasteiger partial charge in [0.05, 0.1) is 13.0 Å². The van der Waals surface area contributed by atoms with Crippen LogP contribution in [0, 0.1) is 5.92 Å². The SMILES string of the molecule is CCCCCCC1CC(c2ccccc2)CCN1C(=O)C1CNCC12CCCc1c(NC(=O)OC)cccc12. The zero-order valence-electron chi connectivity index (χ0n) is 23.7. The van der Waals surface area contributed by atoms with Gasteiger partial charge >= 0.3 is 6.09 Å². The van der Waals surface area contributed by atoms with E-state index in [-0.39, 0.29) is 11.3 Å². The molecule has 0 radical (unpaired) electrons. The van der Waals surface area contributed by atoms with Crippen molar-refractivity contribution in [3.8, 4) is 0 Å². The normalized spacial score (nSPS) is 26.3. The highest BCUT2D eigenvalue weighted by molar-refractivity contribution is 5.87. The van der Waals surface area contributed by atoms with E-state index >= 15 is 0 Å². The number of nitrogens with zero attached hydrogens (tertiary/aromatic N) is 1. The quantitative estimate of drug-likeness (QED) is 0.387. The minimum absolute atomic E-state index is 0.0867. The lowest BCUT2D eigenvalue weighted by Gasteiger charge is -2.45. The first-order valence-electron chi connectivity index (χ1n) is 15.1. The summed E-state index contributed by atoms with van der Waals surface area (Å²) >= 11 is 0. The molecule has 6 nitrogen and oxygen atoms in total. The minimum atomic E-state index is -0.451. The first-order chi connectivity index (χ1) is 19.1. The maximum Gasteiger partial charge on any atom is 0.411 e. The molecule has 2 N–H and O–H groups in total. The molecule has 2 heterocycles. The summed E-state index contributed by atoms with van der Waals surface area (Å²) in [5, 5.41) is 6.53. The lowest BCUT2D eigenvalue weighted by molar-refractivity contribution is -0.141. The van der Waals surface area contributed by atoms with Crippen LogP contribution in [0.3, 0.4) is 0 Å². The second-order valence-electron chi connectivity index (χ2n) is 11.8. The van der Waals surface area contributed by atoms with Crippen molar-refractivity contribution in [2.45, 2.75) is 88.5 Å². The van der Waals surface area contributed by atoms with E-state index in [4.69, 9.17) is 4.74 Å². The fraction of sp³-hybridized carbons (Fsp3) is 0.576. The van der Waals surface area contributed by atoms with Gasteiger partial charge in [-0.2, -0.15) is 0 Å². The number of carbonyl (C=O) groups excluding carboxylic acids is 2. The molecule has 0 saturated carbocycles. The number of ether oxygens (including phenoxy) is 1. The zero-order valence-corrected chi connectivity index (χ0v) is 23.7. The molecular weight excluding hydrogens is 486 g/mol. The van der Waals surface area contributed by atoms with Gasteiger partial charge in [0, 0.05) is 36.8 Å². The summed E-state index contributed by atoms with van der Waals surface area (Å²) in [5.41, 5.74) is 4.38. The molecule has 5 rings (SSSR count). The van der Waals surface area contributed by atoms with Crippen LogP contribution in [-0.2, 0) is 21.4 Å². The van der Waals surface area contributed by atoms with Gasteiger partial charge in [0.25, 0.3) is 0 Å². The number of carbonyl (C=O) groups is 2. The van der Waals surface area contributed by atoms with E-state index in [0.29, 0.717) is 24.4 Å². The summed E-state index contributed by atoms with van der Waals surface area (Å²) in [6, 6.07) is 17.3. The fourth-order valence-electron chi connectivity index (χ4n) is 7.59. The van der Waals surface area contributed by atoms with E-state index < -0.39 is 6.09 Å². The predicted molar refractivity (Wildman–Crippen MR) is 156 cm³/mol. The molecule has 2 aliphatic heterocycles. The number of hydrogen-bond donors (Lipinski definition) is 2. The lowest BCUT2D eigenvalue weighted by atomic mass is 9.63. The Balaban J connectivity index is 1.40. The molecule has 3 aliphatic rings. The van der Waals surface area contributed by atoms with Crippen LogP contribution in [0.4, 0.5) is 10.5 Å². The summed E-state index contributed by atoms with van der Waals surface area (Å²) in [6.07, 6.45) is 10.5. The number of methoxy groups -OCH3 is 1. The summed E-state index contributed by atoms with van der Waals surface area (Å²) in [7, 11) is 1.39. The van der Waals surface area contributed by atoms with Crippen LogP contribution in [0.15, 0.2) is 48.5 Å². The first kappa shape index (κ1) is 27.7. The van der Waals surface area contributed by atoms with E-state index in [1.807, 2.05) is 12.1 Å². The molecule has 6 heteroatoms. The smallest absolute Gasteiger partial charge is 0.411 e. The molecule has 2 amide bonds. The fourth-order valence-corrected chi connectivity index (χ4v) is 7.59. The van der Waals surface area contributed by atoms with Gasteiger partial charge in [-0.3, -0.25) is 10.1 Å². The van der Waals surface area contributed by atoms with Crippen molar-refractivity contribution in [1.29, 1.82) is 0 Å². The third-order valence-corrected chi connectivity index (χ3v) is 9.60. The van der Waals surface area contributed by atoms with Crippen LogP contribution in [0.2, 0.25) is 0 Å². The minimum Gasteiger partial charge on any atom is -0.453 e. The van der Waals surface area contributed by atoms with Gasteiger partial charge in [0.2, 0.25) is 5.91 Å². The maximum atomic E-state index is 14.5. The van der Waals surface area contributed by atoms with Crippen LogP contribution < -0.4 is 10.6 Å². The molecule has 210 valence electrons. The average molecular weight is 532 g/mol. The summed E-state index contributed by atoms with van der Waals surface area (Å²) in [5.74, 6) is 0.756. The second kappa shape index (κ2) is 12.5. The van der Waals surface area contributed by atoms with Gasteiger partial charge < -0.3 is 15.0 Å². The largest absolute Gasteiger partial charge is 0.453 e. The van der Waals surface area contributed by atoms with E-state index in [2.05, 4.69) is 58.9 Å². The highest BCUT2D eigenvalue weighted by Gasteiger charge is 2.52. The van der Waals surface area contributed by atoms with Gasteiger partial charge in [-0.25, -0.2) is 4.79 Å². The molecule has 2 saturated heterocycles. The van der Waals surface area contributed by atoms with Crippen molar-refractivity contribution >= 4 is 17.7 Å². The van der Waals surface area contributed by atoms with Crippen LogP contribution in [0.25, 0.3) is 0 Å². The van der Waals surface area contributed by atoms with Gasteiger partial charge in [0.15, 0.2) is 0 Å². The molecule has 4 atom stereocenters. The van der Waals surface area contributed by atoms with Gasteiger partial charge in [0.1, 0.15) is 0 Å². The van der Waals surface area contributed by atoms with E-state index in [1.54, 1.807) is 0 Å². The summed E-state index contributed by atoms with van der Waals surface area (Å²) in [6.45, 7) is 4.61. The van der Waals surface area contributed by atoms with E-state index in [0.717, 1.165) is 62.9 Å². The number of benzene rings is 2. The molecule has 39 heavy (non-hydrogen) atoms. The standard InChI is InChI=1S/C33H45N3O3/c1-3-4-5-9-14-26-21-25(24-12-7-6-8-13-24)18-20-36(26)31(37)29-22-34-23-33(29)19-11-15-27-28(33)16-10-17-30(27)35-32(38)39-2/h6-8,10,12-13,16-17,25-26,29,34H,3-5,9,11,14-15,18-23H2,1-2H3,(H,35,38). The third-order valence-electron chi connectivity index (χ3n) is 9.60. The molecular formula is C33H45N3O3. The van der Waals surface area contributed by atoms with Gasteiger partial charge in [-0.15, -0.1) is 0 Å². The Morgan fingerprint density at radius 1 is 1.10 bits per heavy atom. The molecule has 0 bridgehead atoms. The van der Waals surface area contributed by atoms with Crippen molar-refractivity contribution in [2.24, 2.45) is 5.92 Å². The highest BCUT2D eigenvalue weighted by atomic mass is 16.5. The van der Waals surface area contributed by atoms with E-state index in [9.17, 15) is 9.59 Å². The molecule has 2 aromatic rings. The van der Waals surface area contributed by atoms with Gasteiger partial charge in [-0.1, -0.05) is 75.1 Å². The Bertz CT molecular complexity index is 1140. The average Bonchev–Trinajstić information content (AvgIpc) is 3.39. The van der Waals surface area contributed by atoms with Gasteiger partial charge in [-0.05, 0) is 67.2 Å². The molecule has 4 unspecified atom stereocenters. The summed E-state index contributed by atoms with van der Waals surface area (Å²) in [4.78, 5) is 28.8. The van der Waals surface area contributed by atoms with Crippen LogP contribution >= 0.6 is 0 Å². The number of amides is 2. The molecule has 1 spiro atoms.